The third kappa shape index (κ3) is 6.62. The van der Waals surface area contributed by atoms with Crippen LogP contribution in [0.15, 0.2) is 124 Å². The molecule has 2 heterocycles. The van der Waals surface area contributed by atoms with Crippen molar-refractivity contribution in [2.75, 3.05) is 11.9 Å². The van der Waals surface area contributed by atoms with Gasteiger partial charge in [0.1, 0.15) is 18.1 Å². The van der Waals surface area contributed by atoms with Crippen molar-refractivity contribution in [2.24, 2.45) is 4.99 Å². The second-order valence-corrected chi connectivity index (χ2v) is 11.8. The highest BCUT2D eigenvalue weighted by molar-refractivity contribution is 7.07. The fourth-order valence-corrected chi connectivity index (χ4v) is 6.39. The van der Waals surface area contributed by atoms with Crippen LogP contribution < -0.4 is 29.7 Å². The number of thiazole rings is 1. The Morgan fingerprint density at radius 2 is 1.60 bits per heavy atom. The van der Waals surface area contributed by atoms with E-state index >= 15 is 0 Å². The number of halogens is 1. The van der Waals surface area contributed by atoms with E-state index in [9.17, 15) is 9.59 Å². The second-order valence-electron chi connectivity index (χ2n) is 10.4. The maximum absolute atomic E-state index is 14.0. The Bertz CT molecular complexity index is 2050. The first-order valence-corrected chi connectivity index (χ1v) is 15.7. The molecular weight excluding hydrogens is 606 g/mol. The molecule has 226 valence electrons. The van der Waals surface area contributed by atoms with E-state index < -0.39 is 6.04 Å². The van der Waals surface area contributed by atoms with Crippen molar-refractivity contribution in [1.82, 2.24) is 4.57 Å². The highest BCUT2D eigenvalue weighted by Crippen LogP contribution is 2.32. The first-order valence-electron chi connectivity index (χ1n) is 14.5. The molecule has 0 saturated heterocycles. The lowest BCUT2D eigenvalue weighted by molar-refractivity contribution is -0.113. The summed E-state index contributed by atoms with van der Waals surface area (Å²) >= 11 is 7.54. The van der Waals surface area contributed by atoms with Crippen LogP contribution in [0.3, 0.4) is 0 Å². The number of ether oxygens (including phenoxy) is 2. The van der Waals surface area contributed by atoms with E-state index in [2.05, 4.69) is 5.32 Å². The van der Waals surface area contributed by atoms with Crippen molar-refractivity contribution in [3.8, 4) is 11.5 Å². The number of allylic oxidation sites excluding steroid dienone is 1. The van der Waals surface area contributed by atoms with Gasteiger partial charge >= 0.3 is 0 Å². The summed E-state index contributed by atoms with van der Waals surface area (Å²) in [5, 5.41) is 3.64. The Kier molecular flexibility index (Phi) is 8.96. The number of fused-ring (bicyclic) bond motifs is 1. The second kappa shape index (κ2) is 13.4. The maximum atomic E-state index is 14.0. The molecule has 6 rings (SSSR count). The topological polar surface area (TPSA) is 81.9 Å². The third-order valence-electron chi connectivity index (χ3n) is 7.33. The Labute approximate surface area is 269 Å². The number of para-hydroxylation sites is 1. The number of nitrogens with zero attached hydrogens (tertiary/aromatic N) is 2. The van der Waals surface area contributed by atoms with Crippen LogP contribution in [0.1, 0.15) is 36.6 Å². The van der Waals surface area contributed by atoms with Crippen LogP contribution in [-0.2, 0) is 11.4 Å². The molecule has 0 bridgehead atoms. The molecule has 0 saturated carbocycles. The van der Waals surface area contributed by atoms with Gasteiger partial charge in [-0.15, -0.1) is 0 Å². The zero-order valence-electron chi connectivity index (χ0n) is 24.7. The summed E-state index contributed by atoms with van der Waals surface area (Å²) in [5.74, 6) is 1.08. The van der Waals surface area contributed by atoms with Gasteiger partial charge in [-0.1, -0.05) is 83.6 Å². The van der Waals surface area contributed by atoms with E-state index in [1.54, 1.807) is 11.5 Å². The first kappa shape index (κ1) is 30.1. The summed E-state index contributed by atoms with van der Waals surface area (Å²) in [5.41, 5.74) is 3.90. The Hall–Kier alpha value is -4.92. The summed E-state index contributed by atoms with van der Waals surface area (Å²) in [6, 6.07) is 31.1. The van der Waals surface area contributed by atoms with Gasteiger partial charge < -0.3 is 14.8 Å². The Morgan fingerprint density at radius 1 is 0.933 bits per heavy atom. The SMILES string of the molecule is CCOc1ccc([C@H]2C(C(=O)Nc3ccccc3)=C(C)N=c3s/c(=C\c4ccc(OCc5ccccc5Cl)cc4)c(=O)n32)cc1. The van der Waals surface area contributed by atoms with E-state index in [0.29, 0.717) is 56.0 Å². The van der Waals surface area contributed by atoms with Crippen molar-refractivity contribution < 1.29 is 14.3 Å². The van der Waals surface area contributed by atoms with Crippen molar-refractivity contribution in [1.29, 1.82) is 0 Å². The predicted octanol–water partition coefficient (Wildman–Crippen LogP) is 6.51. The maximum Gasteiger partial charge on any atom is 0.271 e. The van der Waals surface area contributed by atoms with E-state index in [-0.39, 0.29) is 11.5 Å². The third-order valence-corrected chi connectivity index (χ3v) is 8.69. The number of carbonyl (C=O) groups is 1. The van der Waals surface area contributed by atoms with Gasteiger partial charge in [0.05, 0.1) is 28.5 Å². The normalized spacial score (nSPS) is 14.5. The monoisotopic (exact) mass is 635 g/mol. The van der Waals surface area contributed by atoms with Crippen molar-refractivity contribution in [3.05, 3.63) is 156 Å². The number of hydrogen-bond donors (Lipinski definition) is 1. The molecule has 4 aromatic carbocycles. The predicted molar refractivity (Wildman–Crippen MR) is 179 cm³/mol. The van der Waals surface area contributed by atoms with Gasteiger partial charge in [0, 0.05) is 16.3 Å². The molecule has 0 fully saturated rings. The molecule has 0 unspecified atom stereocenters. The van der Waals surface area contributed by atoms with E-state index in [1.165, 1.54) is 11.3 Å². The van der Waals surface area contributed by atoms with E-state index in [0.717, 1.165) is 16.7 Å². The zero-order chi connectivity index (χ0) is 31.3. The number of benzene rings is 4. The highest BCUT2D eigenvalue weighted by atomic mass is 35.5. The Morgan fingerprint density at radius 3 is 2.31 bits per heavy atom. The van der Waals surface area contributed by atoms with Gasteiger partial charge in [-0.05, 0) is 73.5 Å². The van der Waals surface area contributed by atoms with Gasteiger partial charge in [0.15, 0.2) is 4.80 Å². The molecule has 0 spiro atoms. The molecule has 1 aromatic heterocycles. The van der Waals surface area contributed by atoms with Crippen LogP contribution >= 0.6 is 22.9 Å². The molecule has 1 amide bonds. The summed E-state index contributed by atoms with van der Waals surface area (Å²) in [6.07, 6.45) is 1.83. The van der Waals surface area contributed by atoms with Crippen LogP contribution in [0.4, 0.5) is 5.69 Å². The number of carbonyl (C=O) groups excluding carboxylic acids is 1. The van der Waals surface area contributed by atoms with E-state index in [4.69, 9.17) is 26.1 Å². The van der Waals surface area contributed by atoms with Gasteiger partial charge in [-0.3, -0.25) is 14.2 Å². The minimum Gasteiger partial charge on any atom is -0.494 e. The molecule has 5 aromatic rings. The van der Waals surface area contributed by atoms with Gasteiger partial charge in [0.2, 0.25) is 0 Å². The number of amides is 1. The molecule has 1 aliphatic heterocycles. The lowest BCUT2D eigenvalue weighted by Gasteiger charge is -2.25. The minimum atomic E-state index is -0.677. The Balaban J connectivity index is 1.35. The molecule has 1 aliphatic rings. The van der Waals surface area contributed by atoms with Crippen molar-refractivity contribution in [2.45, 2.75) is 26.5 Å². The van der Waals surface area contributed by atoms with Crippen LogP contribution in [0.25, 0.3) is 6.08 Å². The molecular formula is C36H30ClN3O4S. The van der Waals surface area contributed by atoms with Gasteiger partial charge in [0.25, 0.3) is 11.5 Å². The summed E-state index contributed by atoms with van der Waals surface area (Å²) in [7, 11) is 0. The number of hydrogen-bond acceptors (Lipinski definition) is 6. The molecule has 7 nitrogen and oxygen atoms in total. The number of aromatic nitrogens is 1. The fraction of sp³-hybridized carbons (Fsp3) is 0.139. The van der Waals surface area contributed by atoms with Crippen LogP contribution in [0, 0.1) is 0 Å². The molecule has 1 atom stereocenters. The van der Waals surface area contributed by atoms with Crippen molar-refractivity contribution in [3.63, 3.8) is 0 Å². The average molecular weight is 636 g/mol. The molecule has 0 aliphatic carbocycles. The molecule has 9 heteroatoms. The van der Waals surface area contributed by atoms with E-state index in [1.807, 2.05) is 116 Å². The number of rotatable bonds is 9. The molecule has 1 N–H and O–H groups in total. The highest BCUT2D eigenvalue weighted by Gasteiger charge is 2.32. The standard InChI is InChI=1S/C36H30ClN3O4S/c1-3-43-28-19-15-25(16-20-28)33-32(34(41)39-27-10-5-4-6-11-27)23(2)38-36-40(33)35(42)31(45-36)21-24-13-17-29(18-14-24)44-22-26-9-7-8-12-30(26)37/h4-21,33H,3,22H2,1-2H3,(H,39,41)/b31-21-/t33-/m0/s1. The fourth-order valence-electron chi connectivity index (χ4n) is 5.15. The quantitative estimate of drug-likeness (QED) is 0.200. The lowest BCUT2D eigenvalue weighted by atomic mass is 9.95. The van der Waals surface area contributed by atoms with Crippen molar-refractivity contribution >= 4 is 40.6 Å². The molecule has 0 radical (unpaired) electrons. The summed E-state index contributed by atoms with van der Waals surface area (Å²) in [6.45, 7) is 4.61. The van der Waals surface area contributed by atoms with Gasteiger partial charge in [-0.25, -0.2) is 4.99 Å². The van der Waals surface area contributed by atoms with Crippen LogP contribution in [0.2, 0.25) is 5.02 Å². The number of nitrogens with one attached hydrogen (secondary N) is 1. The first-order chi connectivity index (χ1) is 21.9. The average Bonchev–Trinajstić information content (AvgIpc) is 3.35. The lowest BCUT2D eigenvalue weighted by Crippen LogP contribution is -2.40. The number of anilines is 1. The summed E-state index contributed by atoms with van der Waals surface area (Å²) in [4.78, 5) is 33.0. The summed E-state index contributed by atoms with van der Waals surface area (Å²) < 4.78 is 13.7. The van der Waals surface area contributed by atoms with Gasteiger partial charge in [-0.2, -0.15) is 0 Å². The molecule has 45 heavy (non-hydrogen) atoms. The smallest absolute Gasteiger partial charge is 0.271 e. The zero-order valence-corrected chi connectivity index (χ0v) is 26.3. The minimum absolute atomic E-state index is 0.228. The largest absolute Gasteiger partial charge is 0.494 e. The van der Waals surface area contributed by atoms with Crippen LogP contribution in [0.5, 0.6) is 11.5 Å². The van der Waals surface area contributed by atoms with Crippen LogP contribution in [-0.4, -0.2) is 17.1 Å².